The molecular weight excluding hydrogens is 479 g/mol. The third-order valence-corrected chi connectivity index (χ3v) is 7.05. The van der Waals surface area contributed by atoms with Gasteiger partial charge in [-0.15, -0.1) is 5.10 Å². The van der Waals surface area contributed by atoms with E-state index in [1.165, 1.54) is 15.5 Å². The molecule has 36 heavy (non-hydrogen) atoms. The molecule has 3 aromatic carbocycles. The van der Waals surface area contributed by atoms with Crippen molar-refractivity contribution in [3.8, 4) is 17.1 Å². The standard InChI is InChI=1S/C27H19FN4O3S/c1-2-35-18-13-11-16(12-14-18)24-29-27-32(30-24)26(34)23(36-27)22-19-8-4-6-10-21(19)31(25(22)33)15-17-7-3-5-9-20(17)28/h3-14H,2,15H2,1H3. The second-order valence-electron chi connectivity index (χ2n) is 8.20. The third kappa shape index (κ3) is 3.56. The van der Waals surface area contributed by atoms with E-state index in [-0.39, 0.29) is 28.4 Å². The number of benzene rings is 3. The van der Waals surface area contributed by atoms with E-state index in [1.807, 2.05) is 43.3 Å². The Labute approximate surface area is 208 Å². The molecule has 1 aliphatic heterocycles. The van der Waals surface area contributed by atoms with Gasteiger partial charge in [0, 0.05) is 16.7 Å². The molecule has 0 radical (unpaired) electrons. The van der Waals surface area contributed by atoms with Gasteiger partial charge in [0.1, 0.15) is 16.1 Å². The van der Waals surface area contributed by atoms with Crippen molar-refractivity contribution in [1.82, 2.24) is 14.6 Å². The molecule has 0 atom stereocenters. The Balaban J connectivity index is 1.44. The zero-order chi connectivity index (χ0) is 24.8. The maximum atomic E-state index is 14.3. The number of rotatable bonds is 5. The second kappa shape index (κ2) is 8.69. The molecule has 1 aliphatic rings. The topological polar surface area (TPSA) is 76.8 Å². The SMILES string of the molecule is CCOc1ccc(-c2nc3sc(=C4C(=O)N(Cc5ccccc5F)c5ccccc54)c(=O)n3n2)cc1. The molecule has 3 heterocycles. The van der Waals surface area contributed by atoms with E-state index in [2.05, 4.69) is 10.1 Å². The lowest BCUT2D eigenvalue weighted by atomic mass is 10.1. The van der Waals surface area contributed by atoms with E-state index < -0.39 is 5.56 Å². The number of para-hydroxylation sites is 1. The first-order chi connectivity index (χ1) is 17.5. The fourth-order valence-corrected chi connectivity index (χ4v) is 5.33. The van der Waals surface area contributed by atoms with Crippen LogP contribution in [0.5, 0.6) is 5.75 Å². The van der Waals surface area contributed by atoms with Gasteiger partial charge in [0.2, 0.25) is 4.96 Å². The van der Waals surface area contributed by atoms with Crippen LogP contribution < -0.4 is 19.7 Å². The van der Waals surface area contributed by atoms with Crippen molar-refractivity contribution in [2.45, 2.75) is 13.5 Å². The summed E-state index contributed by atoms with van der Waals surface area (Å²) >= 11 is 1.12. The Morgan fingerprint density at radius 1 is 0.972 bits per heavy atom. The Morgan fingerprint density at radius 2 is 1.72 bits per heavy atom. The monoisotopic (exact) mass is 498 g/mol. The maximum absolute atomic E-state index is 14.3. The van der Waals surface area contributed by atoms with Crippen molar-refractivity contribution >= 4 is 33.5 Å². The van der Waals surface area contributed by atoms with Crippen LogP contribution in [0.15, 0.2) is 77.6 Å². The number of hydrogen-bond donors (Lipinski definition) is 0. The number of hydrogen-bond acceptors (Lipinski definition) is 6. The van der Waals surface area contributed by atoms with E-state index in [9.17, 15) is 14.0 Å². The molecule has 2 aromatic heterocycles. The highest BCUT2D eigenvalue weighted by Gasteiger charge is 2.34. The van der Waals surface area contributed by atoms with Gasteiger partial charge in [0.05, 0.1) is 24.4 Å². The van der Waals surface area contributed by atoms with Crippen LogP contribution in [-0.2, 0) is 11.3 Å². The molecule has 1 amide bonds. The predicted octanol–water partition coefficient (Wildman–Crippen LogP) is 3.82. The maximum Gasteiger partial charge on any atom is 0.291 e. The smallest absolute Gasteiger partial charge is 0.291 e. The minimum Gasteiger partial charge on any atom is -0.494 e. The predicted molar refractivity (Wildman–Crippen MR) is 135 cm³/mol. The van der Waals surface area contributed by atoms with Gasteiger partial charge in [-0.2, -0.15) is 9.50 Å². The van der Waals surface area contributed by atoms with Crippen LogP contribution >= 0.6 is 11.3 Å². The molecule has 6 rings (SSSR count). The number of halogens is 1. The van der Waals surface area contributed by atoms with E-state index in [0.717, 1.165) is 22.6 Å². The molecule has 0 fully saturated rings. The second-order valence-corrected chi connectivity index (χ2v) is 9.18. The number of amides is 1. The summed E-state index contributed by atoms with van der Waals surface area (Å²) < 4.78 is 21.3. The number of fused-ring (bicyclic) bond motifs is 2. The lowest BCUT2D eigenvalue weighted by Gasteiger charge is -2.17. The summed E-state index contributed by atoms with van der Waals surface area (Å²) in [5.41, 5.74) is 2.28. The van der Waals surface area contributed by atoms with Gasteiger partial charge < -0.3 is 9.64 Å². The van der Waals surface area contributed by atoms with Crippen LogP contribution in [0.3, 0.4) is 0 Å². The third-order valence-electron chi connectivity index (χ3n) is 6.02. The molecular formula is C27H19FN4O3S. The number of anilines is 1. The first-order valence-corrected chi connectivity index (χ1v) is 12.2. The van der Waals surface area contributed by atoms with Crippen LogP contribution in [0.1, 0.15) is 18.1 Å². The summed E-state index contributed by atoms with van der Waals surface area (Å²) in [7, 11) is 0. The van der Waals surface area contributed by atoms with Crippen LogP contribution in [-0.4, -0.2) is 27.1 Å². The summed E-state index contributed by atoms with van der Waals surface area (Å²) in [6.45, 7) is 2.54. The molecule has 7 nitrogen and oxygen atoms in total. The van der Waals surface area contributed by atoms with Crippen molar-refractivity contribution in [2.24, 2.45) is 0 Å². The number of carbonyl (C=O) groups excluding carboxylic acids is 1. The summed E-state index contributed by atoms with van der Waals surface area (Å²) in [6.07, 6.45) is 0. The van der Waals surface area contributed by atoms with E-state index in [1.54, 1.807) is 30.3 Å². The number of nitrogens with zero attached hydrogens (tertiary/aromatic N) is 4. The average molecular weight is 499 g/mol. The molecule has 0 bridgehead atoms. The molecule has 0 unspecified atom stereocenters. The Morgan fingerprint density at radius 3 is 2.47 bits per heavy atom. The number of aromatic nitrogens is 3. The zero-order valence-corrected chi connectivity index (χ0v) is 20.0. The van der Waals surface area contributed by atoms with E-state index >= 15 is 0 Å². The number of carbonyl (C=O) groups is 1. The van der Waals surface area contributed by atoms with Gasteiger partial charge in [-0.25, -0.2) is 4.39 Å². The summed E-state index contributed by atoms with van der Waals surface area (Å²) in [5.74, 6) is 0.412. The highest BCUT2D eigenvalue weighted by molar-refractivity contribution is 7.15. The van der Waals surface area contributed by atoms with Crippen molar-refractivity contribution in [3.63, 3.8) is 0 Å². The Kier molecular flexibility index (Phi) is 5.34. The number of ether oxygens (including phenoxy) is 1. The van der Waals surface area contributed by atoms with Gasteiger partial charge in [-0.1, -0.05) is 47.7 Å². The van der Waals surface area contributed by atoms with Gasteiger partial charge in [0.15, 0.2) is 5.82 Å². The van der Waals surface area contributed by atoms with Crippen molar-refractivity contribution in [2.75, 3.05) is 11.5 Å². The summed E-state index contributed by atoms with van der Waals surface area (Å²) in [5, 5.41) is 4.40. The van der Waals surface area contributed by atoms with Crippen LogP contribution in [0.4, 0.5) is 10.1 Å². The molecule has 178 valence electrons. The zero-order valence-electron chi connectivity index (χ0n) is 19.1. The normalized spacial score (nSPS) is 14.5. The molecule has 0 saturated heterocycles. The van der Waals surface area contributed by atoms with Crippen molar-refractivity contribution in [1.29, 1.82) is 0 Å². The largest absolute Gasteiger partial charge is 0.494 e. The molecule has 0 saturated carbocycles. The average Bonchev–Trinajstić information content (AvgIpc) is 3.52. The van der Waals surface area contributed by atoms with Gasteiger partial charge in [-0.05, 0) is 43.3 Å². The lowest BCUT2D eigenvalue weighted by molar-refractivity contribution is -0.113. The van der Waals surface area contributed by atoms with Gasteiger partial charge >= 0.3 is 0 Å². The summed E-state index contributed by atoms with van der Waals surface area (Å²) in [4.78, 5) is 33.4. The van der Waals surface area contributed by atoms with Crippen molar-refractivity contribution in [3.05, 3.63) is 105 Å². The van der Waals surface area contributed by atoms with Crippen LogP contribution in [0, 0.1) is 5.82 Å². The first kappa shape index (κ1) is 22.1. The highest BCUT2D eigenvalue weighted by atomic mass is 32.1. The minimum atomic E-state index is -0.411. The van der Waals surface area contributed by atoms with Crippen LogP contribution in [0.2, 0.25) is 0 Å². The first-order valence-electron chi connectivity index (χ1n) is 11.4. The Bertz CT molecular complexity index is 1740. The quantitative estimate of drug-likeness (QED) is 0.368. The Hall–Kier alpha value is -4.37. The van der Waals surface area contributed by atoms with E-state index in [4.69, 9.17) is 4.74 Å². The molecule has 5 aromatic rings. The minimum absolute atomic E-state index is 0.0584. The van der Waals surface area contributed by atoms with Crippen LogP contribution in [0.25, 0.3) is 21.9 Å². The molecule has 0 spiro atoms. The van der Waals surface area contributed by atoms with Gasteiger partial charge in [-0.3, -0.25) is 9.59 Å². The molecule has 0 aliphatic carbocycles. The molecule has 0 N–H and O–H groups in total. The highest BCUT2D eigenvalue weighted by Crippen LogP contribution is 2.36. The molecule has 9 heteroatoms. The fraction of sp³-hybridized carbons (Fsp3) is 0.111. The number of thiazole rings is 1. The lowest BCUT2D eigenvalue weighted by Crippen LogP contribution is -2.32. The fourth-order valence-electron chi connectivity index (χ4n) is 4.33. The van der Waals surface area contributed by atoms with Gasteiger partial charge in [0.25, 0.3) is 11.5 Å². The van der Waals surface area contributed by atoms with E-state index in [0.29, 0.717) is 34.2 Å². The summed E-state index contributed by atoms with van der Waals surface area (Å²) in [6, 6.07) is 20.9. The van der Waals surface area contributed by atoms with Crippen molar-refractivity contribution < 1.29 is 13.9 Å².